The summed E-state index contributed by atoms with van der Waals surface area (Å²) in [5.74, 6) is 1.37. The maximum absolute atomic E-state index is 11.8. The minimum atomic E-state index is -0.186. The van der Waals surface area contributed by atoms with Crippen LogP contribution in [0.2, 0.25) is 0 Å². The Bertz CT molecular complexity index is 737. The van der Waals surface area contributed by atoms with E-state index in [9.17, 15) is 4.79 Å². The number of hydrogen-bond donors (Lipinski definition) is 1. The standard InChI is InChI=1S/C23H29NO2/c1-16(24-22(25)20-9-10-20)15-17-5-7-18(8-6-17)19-11-13-21(14-12-19)26-23(2,3)4/h5-8,11-14,16,20H,9-10,15H2,1-4H3,(H,24,25). The lowest BCUT2D eigenvalue weighted by atomic mass is 10.0. The van der Waals surface area contributed by atoms with Crippen LogP contribution < -0.4 is 10.1 Å². The van der Waals surface area contributed by atoms with Crippen LogP contribution in [0.25, 0.3) is 11.1 Å². The number of hydrogen-bond acceptors (Lipinski definition) is 2. The number of amides is 1. The number of rotatable bonds is 6. The molecule has 0 saturated heterocycles. The molecule has 0 bridgehead atoms. The summed E-state index contributed by atoms with van der Waals surface area (Å²) in [6.45, 7) is 8.22. The average Bonchev–Trinajstić information content (AvgIpc) is 3.40. The van der Waals surface area contributed by atoms with E-state index in [0.717, 1.165) is 25.0 Å². The van der Waals surface area contributed by atoms with Crippen molar-refractivity contribution >= 4 is 5.91 Å². The summed E-state index contributed by atoms with van der Waals surface area (Å²) in [7, 11) is 0. The van der Waals surface area contributed by atoms with Crippen molar-refractivity contribution in [2.75, 3.05) is 0 Å². The Hall–Kier alpha value is -2.29. The predicted molar refractivity (Wildman–Crippen MR) is 106 cm³/mol. The second-order valence-corrected chi connectivity index (χ2v) is 8.32. The van der Waals surface area contributed by atoms with E-state index in [4.69, 9.17) is 4.74 Å². The molecule has 0 radical (unpaired) electrons. The summed E-state index contributed by atoms with van der Waals surface area (Å²) in [5.41, 5.74) is 3.41. The maximum Gasteiger partial charge on any atom is 0.223 e. The molecule has 138 valence electrons. The van der Waals surface area contributed by atoms with Crippen molar-refractivity contribution in [3.8, 4) is 16.9 Å². The Morgan fingerprint density at radius 1 is 1.04 bits per heavy atom. The van der Waals surface area contributed by atoms with Gasteiger partial charge >= 0.3 is 0 Å². The van der Waals surface area contributed by atoms with Crippen LogP contribution in [0.5, 0.6) is 5.75 Å². The van der Waals surface area contributed by atoms with Crippen molar-refractivity contribution < 1.29 is 9.53 Å². The third kappa shape index (κ3) is 5.35. The molecule has 0 spiro atoms. The Balaban J connectivity index is 1.59. The SMILES string of the molecule is CC(Cc1ccc(-c2ccc(OC(C)(C)C)cc2)cc1)NC(=O)C1CC1. The van der Waals surface area contributed by atoms with E-state index in [-0.39, 0.29) is 23.5 Å². The zero-order chi connectivity index (χ0) is 18.7. The summed E-state index contributed by atoms with van der Waals surface area (Å²) in [6.07, 6.45) is 2.96. The number of carbonyl (C=O) groups excluding carboxylic acids is 1. The van der Waals surface area contributed by atoms with E-state index >= 15 is 0 Å². The van der Waals surface area contributed by atoms with E-state index in [1.165, 1.54) is 16.7 Å². The van der Waals surface area contributed by atoms with Crippen molar-refractivity contribution in [3.05, 3.63) is 54.1 Å². The highest BCUT2D eigenvalue weighted by Crippen LogP contribution is 2.29. The zero-order valence-corrected chi connectivity index (χ0v) is 16.2. The van der Waals surface area contributed by atoms with Crippen LogP contribution in [0.1, 0.15) is 46.1 Å². The van der Waals surface area contributed by atoms with Crippen molar-refractivity contribution in [1.82, 2.24) is 5.32 Å². The monoisotopic (exact) mass is 351 g/mol. The molecule has 0 aliphatic heterocycles. The highest BCUT2D eigenvalue weighted by Gasteiger charge is 2.30. The van der Waals surface area contributed by atoms with Crippen LogP contribution in [0, 0.1) is 5.92 Å². The van der Waals surface area contributed by atoms with Gasteiger partial charge in [-0.3, -0.25) is 4.79 Å². The predicted octanol–water partition coefficient (Wildman–Crippen LogP) is 4.99. The van der Waals surface area contributed by atoms with E-state index in [2.05, 4.69) is 48.6 Å². The van der Waals surface area contributed by atoms with Gasteiger partial charge in [0.05, 0.1) is 0 Å². The molecule has 1 aliphatic carbocycles. The molecule has 1 atom stereocenters. The van der Waals surface area contributed by atoms with Gasteiger partial charge in [-0.05, 0) is 75.8 Å². The second-order valence-electron chi connectivity index (χ2n) is 8.32. The van der Waals surface area contributed by atoms with Gasteiger partial charge in [-0.2, -0.15) is 0 Å². The van der Waals surface area contributed by atoms with Gasteiger partial charge in [-0.25, -0.2) is 0 Å². The van der Waals surface area contributed by atoms with Gasteiger partial charge in [0.25, 0.3) is 0 Å². The number of benzene rings is 2. The Labute approximate surface area is 156 Å². The van der Waals surface area contributed by atoms with Crippen LogP contribution in [0.4, 0.5) is 0 Å². The van der Waals surface area contributed by atoms with Crippen molar-refractivity contribution in [2.45, 2.75) is 58.6 Å². The van der Waals surface area contributed by atoms with Gasteiger partial charge in [0.2, 0.25) is 5.91 Å². The molecule has 1 fully saturated rings. The van der Waals surface area contributed by atoms with Crippen molar-refractivity contribution in [2.24, 2.45) is 5.92 Å². The van der Waals surface area contributed by atoms with Gasteiger partial charge in [0, 0.05) is 12.0 Å². The van der Waals surface area contributed by atoms with Gasteiger partial charge < -0.3 is 10.1 Å². The Morgan fingerprint density at radius 2 is 1.58 bits per heavy atom. The van der Waals surface area contributed by atoms with Gasteiger partial charge in [0.1, 0.15) is 11.4 Å². The fourth-order valence-corrected chi connectivity index (χ4v) is 3.01. The maximum atomic E-state index is 11.8. The normalized spacial score (nSPS) is 15.4. The van der Waals surface area contributed by atoms with Gasteiger partial charge in [-0.15, -0.1) is 0 Å². The van der Waals surface area contributed by atoms with E-state index < -0.39 is 0 Å². The molecule has 3 rings (SSSR count). The fraction of sp³-hybridized carbons (Fsp3) is 0.435. The van der Waals surface area contributed by atoms with E-state index in [1.54, 1.807) is 0 Å². The topological polar surface area (TPSA) is 38.3 Å². The lowest BCUT2D eigenvalue weighted by molar-refractivity contribution is -0.122. The van der Waals surface area contributed by atoms with Crippen LogP contribution >= 0.6 is 0 Å². The molecule has 1 aliphatic rings. The number of carbonyl (C=O) groups is 1. The lowest BCUT2D eigenvalue weighted by Gasteiger charge is -2.21. The smallest absolute Gasteiger partial charge is 0.223 e. The second kappa shape index (κ2) is 7.53. The summed E-state index contributed by atoms with van der Waals surface area (Å²) in [5, 5.41) is 3.11. The van der Waals surface area contributed by atoms with E-state index in [1.807, 2.05) is 32.9 Å². The van der Waals surface area contributed by atoms with Gasteiger partial charge in [0.15, 0.2) is 0 Å². The number of ether oxygens (including phenoxy) is 1. The molecule has 26 heavy (non-hydrogen) atoms. The lowest BCUT2D eigenvalue weighted by Crippen LogP contribution is -2.35. The third-order valence-electron chi connectivity index (χ3n) is 4.44. The minimum Gasteiger partial charge on any atom is -0.488 e. The molecule has 0 heterocycles. The molecule has 2 aromatic rings. The third-order valence-corrected chi connectivity index (χ3v) is 4.44. The summed E-state index contributed by atoms with van der Waals surface area (Å²) >= 11 is 0. The summed E-state index contributed by atoms with van der Waals surface area (Å²) in [6, 6.07) is 17.0. The first-order valence-electron chi connectivity index (χ1n) is 9.49. The summed E-state index contributed by atoms with van der Waals surface area (Å²) in [4.78, 5) is 11.8. The highest BCUT2D eigenvalue weighted by atomic mass is 16.5. The largest absolute Gasteiger partial charge is 0.488 e. The molecule has 1 N–H and O–H groups in total. The molecule has 0 aromatic heterocycles. The molecule has 3 heteroatoms. The molecule has 1 saturated carbocycles. The van der Waals surface area contributed by atoms with Crippen molar-refractivity contribution in [1.29, 1.82) is 0 Å². The molecule has 1 amide bonds. The van der Waals surface area contributed by atoms with Crippen molar-refractivity contribution in [3.63, 3.8) is 0 Å². The molecule has 2 aromatic carbocycles. The zero-order valence-electron chi connectivity index (χ0n) is 16.2. The molecular formula is C23H29NO2. The molecule has 3 nitrogen and oxygen atoms in total. The first-order chi connectivity index (χ1) is 12.3. The van der Waals surface area contributed by atoms with Crippen LogP contribution in [0.15, 0.2) is 48.5 Å². The van der Waals surface area contributed by atoms with E-state index in [0.29, 0.717) is 0 Å². The first-order valence-corrected chi connectivity index (χ1v) is 9.49. The molecule has 1 unspecified atom stereocenters. The highest BCUT2D eigenvalue weighted by molar-refractivity contribution is 5.81. The average molecular weight is 351 g/mol. The fourth-order valence-electron chi connectivity index (χ4n) is 3.01. The van der Waals surface area contributed by atoms with Crippen LogP contribution in [0.3, 0.4) is 0 Å². The van der Waals surface area contributed by atoms with Crippen LogP contribution in [-0.4, -0.2) is 17.6 Å². The minimum absolute atomic E-state index is 0.169. The number of nitrogens with one attached hydrogen (secondary N) is 1. The van der Waals surface area contributed by atoms with Gasteiger partial charge in [-0.1, -0.05) is 36.4 Å². The first kappa shape index (κ1) is 18.5. The molecular weight excluding hydrogens is 322 g/mol. The Morgan fingerprint density at radius 3 is 2.08 bits per heavy atom. The summed E-state index contributed by atoms with van der Waals surface area (Å²) < 4.78 is 5.87. The quantitative estimate of drug-likeness (QED) is 0.796. The van der Waals surface area contributed by atoms with Crippen LogP contribution in [-0.2, 0) is 11.2 Å². The Kier molecular flexibility index (Phi) is 5.36.